The molecule has 6 heterocycles. The van der Waals surface area contributed by atoms with E-state index in [9.17, 15) is 4.79 Å². The number of nitrogens with zero attached hydrogens (tertiary/aromatic N) is 5. The fraction of sp³-hybridized carbons (Fsp3) is 0.400. The molecule has 31 heavy (non-hydrogen) atoms. The molecule has 2 bridgehead atoms. The Morgan fingerprint density at radius 3 is 2.58 bits per heavy atom. The Balaban J connectivity index is 0.00000204. The van der Waals surface area contributed by atoms with E-state index in [-0.39, 0.29) is 18.0 Å². The number of aromatic nitrogens is 5. The summed E-state index contributed by atoms with van der Waals surface area (Å²) in [4.78, 5) is 26.3. The van der Waals surface area contributed by atoms with Gasteiger partial charge in [-0.2, -0.15) is 5.10 Å². The molecular formula is C20H22ClN7OS2. The standard InChI is InChI=1S/C20H21N7OS2.ClH/c1-26(15-7-13-2-3-14(8-15)23-13)19-24-17-18(29-19)25-20(30-17)27-5-4-11(6-16(27)28)12-9-21-22-10-12;/h4-6,9-10,13-15,23H,2-3,7-8H2,1H3,(H,21,22);1H/t13-,14+,15?;. The van der Waals surface area contributed by atoms with Crippen LogP contribution in [0.25, 0.3) is 25.9 Å². The molecule has 162 valence electrons. The van der Waals surface area contributed by atoms with Crippen molar-refractivity contribution in [1.82, 2.24) is 30.0 Å². The van der Waals surface area contributed by atoms with E-state index >= 15 is 0 Å². The lowest BCUT2D eigenvalue weighted by atomic mass is 9.99. The molecule has 8 nitrogen and oxygen atoms in total. The first kappa shape index (κ1) is 20.6. The van der Waals surface area contributed by atoms with Gasteiger partial charge in [-0.1, -0.05) is 22.7 Å². The average molecular weight is 476 g/mol. The monoisotopic (exact) mass is 475 g/mol. The molecule has 2 aliphatic rings. The van der Waals surface area contributed by atoms with Gasteiger partial charge in [0.15, 0.2) is 19.9 Å². The van der Waals surface area contributed by atoms with Crippen molar-refractivity contribution in [2.24, 2.45) is 0 Å². The van der Waals surface area contributed by atoms with Crippen LogP contribution in [0.4, 0.5) is 5.13 Å². The predicted molar refractivity (Wildman–Crippen MR) is 127 cm³/mol. The summed E-state index contributed by atoms with van der Waals surface area (Å²) in [5.41, 5.74) is 1.61. The van der Waals surface area contributed by atoms with Gasteiger partial charge in [0.05, 0.1) is 6.20 Å². The van der Waals surface area contributed by atoms with Crippen LogP contribution in [0.15, 0.2) is 35.5 Å². The van der Waals surface area contributed by atoms with Crippen molar-refractivity contribution in [3.63, 3.8) is 0 Å². The van der Waals surface area contributed by atoms with E-state index in [4.69, 9.17) is 9.97 Å². The van der Waals surface area contributed by atoms with Crippen LogP contribution in [0.1, 0.15) is 25.7 Å². The third-order valence-electron chi connectivity index (χ3n) is 6.21. The molecule has 4 aromatic rings. The van der Waals surface area contributed by atoms with Crippen molar-refractivity contribution in [1.29, 1.82) is 0 Å². The molecule has 0 aromatic carbocycles. The van der Waals surface area contributed by atoms with Gasteiger partial charge in [-0.25, -0.2) is 9.97 Å². The van der Waals surface area contributed by atoms with E-state index in [1.165, 1.54) is 37.0 Å². The molecule has 2 N–H and O–H groups in total. The second kappa shape index (κ2) is 8.01. The Labute approximate surface area is 192 Å². The fourth-order valence-electron chi connectivity index (χ4n) is 4.60. The Bertz CT molecular complexity index is 1220. The first-order chi connectivity index (χ1) is 14.6. The summed E-state index contributed by atoms with van der Waals surface area (Å²) in [5.74, 6) is 0. The van der Waals surface area contributed by atoms with Crippen molar-refractivity contribution in [2.45, 2.75) is 43.8 Å². The van der Waals surface area contributed by atoms with Gasteiger partial charge in [0.2, 0.25) is 0 Å². The first-order valence-electron chi connectivity index (χ1n) is 10.1. The Kier molecular flexibility index (Phi) is 5.33. The van der Waals surface area contributed by atoms with E-state index in [1.54, 1.807) is 40.6 Å². The second-order valence-electron chi connectivity index (χ2n) is 8.09. The van der Waals surface area contributed by atoms with Crippen molar-refractivity contribution >= 4 is 49.9 Å². The Morgan fingerprint density at radius 1 is 1.13 bits per heavy atom. The summed E-state index contributed by atoms with van der Waals surface area (Å²) in [6.45, 7) is 0. The molecule has 2 fully saturated rings. The Morgan fingerprint density at radius 2 is 1.90 bits per heavy atom. The highest BCUT2D eigenvalue weighted by molar-refractivity contribution is 7.29. The van der Waals surface area contributed by atoms with Gasteiger partial charge in [-0.3, -0.25) is 14.5 Å². The van der Waals surface area contributed by atoms with Gasteiger partial charge in [0.1, 0.15) is 0 Å². The molecule has 0 radical (unpaired) electrons. The third-order valence-corrected chi connectivity index (χ3v) is 8.33. The minimum absolute atomic E-state index is 0. The maximum absolute atomic E-state index is 12.7. The van der Waals surface area contributed by atoms with E-state index in [0.717, 1.165) is 25.9 Å². The fourth-order valence-corrected chi connectivity index (χ4v) is 6.66. The summed E-state index contributed by atoms with van der Waals surface area (Å²) < 4.78 is 1.58. The van der Waals surface area contributed by atoms with Crippen LogP contribution in [-0.2, 0) is 0 Å². The number of H-pyrrole nitrogens is 1. The minimum atomic E-state index is -0.113. The molecule has 3 atom stereocenters. The molecule has 2 aliphatic heterocycles. The molecule has 11 heteroatoms. The summed E-state index contributed by atoms with van der Waals surface area (Å²) in [5, 5.41) is 12.1. The summed E-state index contributed by atoms with van der Waals surface area (Å²) >= 11 is 3.07. The number of aromatic amines is 1. The lowest BCUT2D eigenvalue weighted by Gasteiger charge is -2.35. The molecule has 4 aromatic heterocycles. The number of piperidine rings is 1. The zero-order valence-corrected chi connectivity index (χ0v) is 19.3. The van der Waals surface area contributed by atoms with Crippen molar-refractivity contribution in [3.05, 3.63) is 41.1 Å². The van der Waals surface area contributed by atoms with Crippen LogP contribution >= 0.6 is 35.1 Å². The van der Waals surface area contributed by atoms with Crippen molar-refractivity contribution in [2.75, 3.05) is 11.9 Å². The highest BCUT2D eigenvalue weighted by atomic mass is 35.5. The molecule has 0 saturated carbocycles. The second-order valence-corrected chi connectivity index (χ2v) is 10.00. The van der Waals surface area contributed by atoms with Crippen LogP contribution in [0.3, 0.4) is 0 Å². The number of hydrogen-bond acceptors (Lipinski definition) is 8. The highest BCUT2D eigenvalue weighted by Crippen LogP contribution is 2.36. The number of nitrogens with one attached hydrogen (secondary N) is 2. The third kappa shape index (κ3) is 3.67. The number of fused-ring (bicyclic) bond motifs is 3. The summed E-state index contributed by atoms with van der Waals surface area (Å²) in [6, 6.07) is 5.34. The van der Waals surface area contributed by atoms with Crippen molar-refractivity contribution < 1.29 is 0 Å². The number of hydrogen-bond donors (Lipinski definition) is 2. The topological polar surface area (TPSA) is 91.7 Å². The lowest BCUT2D eigenvalue weighted by Crippen LogP contribution is -2.47. The van der Waals surface area contributed by atoms with Crippen molar-refractivity contribution in [3.8, 4) is 16.3 Å². The minimum Gasteiger partial charge on any atom is -0.348 e. The molecule has 0 aliphatic carbocycles. The van der Waals surface area contributed by atoms with E-state index < -0.39 is 0 Å². The highest BCUT2D eigenvalue weighted by Gasteiger charge is 2.36. The number of pyridine rings is 1. The predicted octanol–water partition coefficient (Wildman–Crippen LogP) is 3.43. The summed E-state index contributed by atoms with van der Waals surface area (Å²) in [7, 11) is 2.15. The van der Waals surface area contributed by atoms with Gasteiger partial charge in [0, 0.05) is 49.2 Å². The molecule has 1 unspecified atom stereocenters. The van der Waals surface area contributed by atoms with E-state index in [0.29, 0.717) is 23.3 Å². The van der Waals surface area contributed by atoms with Crippen LogP contribution in [0.2, 0.25) is 0 Å². The maximum Gasteiger partial charge on any atom is 0.257 e. The zero-order chi connectivity index (χ0) is 20.2. The number of rotatable bonds is 4. The average Bonchev–Trinajstić information content (AvgIpc) is 3.51. The molecule has 0 spiro atoms. The number of thiazole rings is 2. The maximum atomic E-state index is 12.7. The first-order valence-corrected chi connectivity index (χ1v) is 11.8. The number of anilines is 1. The van der Waals surface area contributed by atoms with Gasteiger partial charge < -0.3 is 10.2 Å². The molecule has 6 rings (SSSR count). The van der Waals surface area contributed by atoms with Crippen LogP contribution in [-0.4, -0.2) is 49.9 Å². The summed E-state index contributed by atoms with van der Waals surface area (Å²) in [6.07, 6.45) is 10.2. The zero-order valence-electron chi connectivity index (χ0n) is 16.8. The molecule has 2 saturated heterocycles. The molecular weight excluding hydrogens is 454 g/mol. The lowest BCUT2D eigenvalue weighted by molar-refractivity contribution is 0.354. The smallest absolute Gasteiger partial charge is 0.257 e. The molecule has 0 amide bonds. The largest absolute Gasteiger partial charge is 0.348 e. The van der Waals surface area contributed by atoms with Crippen LogP contribution in [0, 0.1) is 0 Å². The number of halogens is 1. The van der Waals surface area contributed by atoms with E-state index in [1.807, 2.05) is 6.07 Å². The van der Waals surface area contributed by atoms with Crippen LogP contribution < -0.4 is 15.8 Å². The van der Waals surface area contributed by atoms with Crippen LogP contribution in [0.5, 0.6) is 0 Å². The van der Waals surface area contributed by atoms with Gasteiger partial charge >= 0.3 is 0 Å². The SMILES string of the molecule is CN(c1nc2sc(-n3ccc(-c4cn[nH]c4)cc3=O)nc2s1)C1C[C@H]2CC[C@@H](C1)N2.Cl. The Hall–Kier alpha value is -2.27. The van der Waals surface area contributed by atoms with Gasteiger partial charge in [-0.05, 0) is 37.3 Å². The normalized spacial score (nSPS) is 22.5. The van der Waals surface area contributed by atoms with Gasteiger partial charge in [0.25, 0.3) is 5.56 Å². The van der Waals surface area contributed by atoms with Gasteiger partial charge in [-0.15, -0.1) is 12.4 Å². The van der Waals surface area contributed by atoms with E-state index in [2.05, 4.69) is 27.5 Å². The quantitative estimate of drug-likeness (QED) is 0.470.